The smallest absolute Gasteiger partial charge is 0.344 e. The zero-order valence-corrected chi connectivity index (χ0v) is 17.2. The van der Waals surface area contributed by atoms with Gasteiger partial charge in [-0.3, -0.25) is 4.72 Å². The molecule has 0 spiro atoms. The van der Waals surface area contributed by atoms with Crippen LogP contribution in [0.15, 0.2) is 86.1 Å². The van der Waals surface area contributed by atoms with Crippen molar-refractivity contribution < 1.29 is 17.2 Å². The van der Waals surface area contributed by atoms with Crippen molar-refractivity contribution in [3.05, 3.63) is 94.4 Å². The zero-order valence-electron chi connectivity index (χ0n) is 15.6. The first-order chi connectivity index (χ1) is 14.4. The van der Waals surface area contributed by atoms with E-state index in [-0.39, 0.29) is 15.4 Å². The Bertz CT molecular complexity index is 1410. The standard InChI is InChI=1S/C22H16FNO4S2/c1-2-5-18-17-10-9-15(23)13-19(17)22(25)28-21(18)14-6-3-7-16(12-14)24-30(26,27)20-8-4-11-29-20/h2-4,6-13,24H,1,5H2. The molecule has 0 fully saturated rings. The average Bonchev–Trinajstić information content (AvgIpc) is 3.26. The molecule has 5 nitrogen and oxygen atoms in total. The minimum absolute atomic E-state index is 0.144. The molecule has 0 aliphatic heterocycles. The van der Waals surface area contributed by atoms with E-state index in [4.69, 9.17) is 4.42 Å². The van der Waals surface area contributed by atoms with Gasteiger partial charge < -0.3 is 4.42 Å². The van der Waals surface area contributed by atoms with Crippen LogP contribution in [0.5, 0.6) is 0 Å². The van der Waals surface area contributed by atoms with Crippen LogP contribution in [0.2, 0.25) is 0 Å². The maximum absolute atomic E-state index is 13.6. The van der Waals surface area contributed by atoms with E-state index in [0.717, 1.165) is 17.4 Å². The van der Waals surface area contributed by atoms with Crippen molar-refractivity contribution in [2.75, 3.05) is 4.72 Å². The third kappa shape index (κ3) is 3.79. The Hall–Kier alpha value is -3.23. The second-order valence-electron chi connectivity index (χ2n) is 6.50. The van der Waals surface area contributed by atoms with Crippen molar-refractivity contribution in [1.82, 2.24) is 0 Å². The van der Waals surface area contributed by atoms with Gasteiger partial charge in [0, 0.05) is 16.8 Å². The molecule has 0 radical (unpaired) electrons. The van der Waals surface area contributed by atoms with Crippen molar-refractivity contribution in [2.24, 2.45) is 0 Å². The van der Waals surface area contributed by atoms with Crippen LogP contribution in [-0.2, 0) is 16.4 Å². The van der Waals surface area contributed by atoms with Gasteiger partial charge in [0.05, 0.1) is 5.39 Å². The van der Waals surface area contributed by atoms with Gasteiger partial charge in [-0.05, 0) is 47.5 Å². The molecule has 0 saturated carbocycles. The predicted molar refractivity (Wildman–Crippen MR) is 117 cm³/mol. The molecule has 0 saturated heterocycles. The van der Waals surface area contributed by atoms with Gasteiger partial charge in [0.25, 0.3) is 10.0 Å². The van der Waals surface area contributed by atoms with Crippen molar-refractivity contribution in [2.45, 2.75) is 10.6 Å². The number of allylic oxidation sites excluding steroid dienone is 1. The Kier molecular flexibility index (Phi) is 5.27. The molecule has 0 atom stereocenters. The highest BCUT2D eigenvalue weighted by atomic mass is 32.2. The summed E-state index contributed by atoms with van der Waals surface area (Å²) < 4.78 is 46.9. The van der Waals surface area contributed by atoms with Crippen molar-refractivity contribution in [1.29, 1.82) is 0 Å². The van der Waals surface area contributed by atoms with Crippen LogP contribution >= 0.6 is 11.3 Å². The number of thiophene rings is 1. The monoisotopic (exact) mass is 441 g/mol. The van der Waals surface area contributed by atoms with E-state index in [9.17, 15) is 17.6 Å². The minimum atomic E-state index is -3.72. The first-order valence-corrected chi connectivity index (χ1v) is 11.3. The van der Waals surface area contributed by atoms with Crippen LogP contribution in [0.25, 0.3) is 22.1 Å². The summed E-state index contributed by atoms with van der Waals surface area (Å²) in [5, 5.41) is 2.39. The van der Waals surface area contributed by atoms with E-state index in [1.54, 1.807) is 41.8 Å². The molecule has 30 heavy (non-hydrogen) atoms. The van der Waals surface area contributed by atoms with E-state index in [1.165, 1.54) is 18.2 Å². The lowest BCUT2D eigenvalue weighted by Gasteiger charge is -2.12. The summed E-state index contributed by atoms with van der Waals surface area (Å²) >= 11 is 1.11. The summed E-state index contributed by atoms with van der Waals surface area (Å²) in [6, 6.07) is 13.7. The maximum atomic E-state index is 13.6. The Morgan fingerprint density at radius 3 is 2.67 bits per heavy atom. The van der Waals surface area contributed by atoms with E-state index >= 15 is 0 Å². The molecule has 152 valence electrons. The molecule has 4 aromatic rings. The highest BCUT2D eigenvalue weighted by molar-refractivity contribution is 7.94. The maximum Gasteiger partial charge on any atom is 0.344 e. The molecule has 0 unspecified atom stereocenters. The van der Waals surface area contributed by atoms with Crippen LogP contribution in [0.3, 0.4) is 0 Å². The number of fused-ring (bicyclic) bond motifs is 1. The number of benzene rings is 2. The van der Waals surface area contributed by atoms with E-state index in [2.05, 4.69) is 11.3 Å². The highest BCUT2D eigenvalue weighted by Gasteiger charge is 2.18. The van der Waals surface area contributed by atoms with Crippen LogP contribution in [0, 0.1) is 5.82 Å². The number of hydrogen-bond donors (Lipinski definition) is 1. The van der Waals surface area contributed by atoms with E-state index < -0.39 is 21.5 Å². The Labute approximate surface area is 176 Å². The van der Waals surface area contributed by atoms with Gasteiger partial charge in [-0.15, -0.1) is 17.9 Å². The fourth-order valence-electron chi connectivity index (χ4n) is 3.21. The van der Waals surface area contributed by atoms with Crippen LogP contribution in [0.1, 0.15) is 5.56 Å². The molecular weight excluding hydrogens is 425 g/mol. The molecule has 1 N–H and O–H groups in total. The zero-order chi connectivity index (χ0) is 21.3. The second kappa shape index (κ2) is 7.89. The number of halogens is 1. The van der Waals surface area contributed by atoms with E-state index in [1.807, 2.05) is 0 Å². The van der Waals surface area contributed by atoms with Crippen LogP contribution in [0.4, 0.5) is 10.1 Å². The molecule has 0 aliphatic carbocycles. The van der Waals surface area contributed by atoms with Gasteiger partial charge in [0.15, 0.2) is 0 Å². The largest absolute Gasteiger partial charge is 0.422 e. The summed E-state index contributed by atoms with van der Waals surface area (Å²) in [6.07, 6.45) is 2.04. The van der Waals surface area contributed by atoms with Crippen LogP contribution in [-0.4, -0.2) is 8.42 Å². The van der Waals surface area contributed by atoms with Gasteiger partial charge in [0.2, 0.25) is 0 Å². The van der Waals surface area contributed by atoms with Crippen LogP contribution < -0.4 is 10.3 Å². The lowest BCUT2D eigenvalue weighted by molar-refractivity contribution is 0.529. The third-order valence-electron chi connectivity index (χ3n) is 4.48. The summed E-state index contributed by atoms with van der Waals surface area (Å²) in [4.78, 5) is 12.5. The molecule has 2 aromatic heterocycles. The lowest BCUT2D eigenvalue weighted by atomic mass is 9.98. The topological polar surface area (TPSA) is 76.4 Å². The molecule has 8 heteroatoms. The molecule has 0 aliphatic rings. The SMILES string of the molecule is C=CCc1c(-c2cccc(NS(=O)(=O)c3cccs3)c2)oc(=O)c2cc(F)ccc12. The fourth-order valence-corrected chi connectivity index (χ4v) is 5.25. The average molecular weight is 442 g/mol. The normalized spacial score (nSPS) is 11.5. The predicted octanol–water partition coefficient (Wildman–Crippen LogP) is 5.19. The third-order valence-corrected chi connectivity index (χ3v) is 7.26. The number of nitrogens with one attached hydrogen (secondary N) is 1. The highest BCUT2D eigenvalue weighted by Crippen LogP contribution is 2.31. The molecule has 2 heterocycles. The van der Waals surface area contributed by atoms with Crippen molar-refractivity contribution in [3.63, 3.8) is 0 Å². The quantitative estimate of drug-likeness (QED) is 0.418. The van der Waals surface area contributed by atoms with Crippen molar-refractivity contribution >= 4 is 37.8 Å². The summed E-state index contributed by atoms with van der Waals surface area (Å²) in [7, 11) is -3.72. The van der Waals surface area contributed by atoms with Gasteiger partial charge in [-0.1, -0.05) is 30.3 Å². The molecule has 2 aromatic carbocycles. The first kappa shape index (κ1) is 20.1. The van der Waals surface area contributed by atoms with Gasteiger partial charge in [0.1, 0.15) is 15.8 Å². The van der Waals surface area contributed by atoms with Gasteiger partial charge in [-0.25, -0.2) is 17.6 Å². The number of hydrogen-bond acceptors (Lipinski definition) is 5. The lowest BCUT2D eigenvalue weighted by Crippen LogP contribution is -2.11. The summed E-state index contributed by atoms with van der Waals surface area (Å²) in [5.41, 5.74) is 0.837. The number of anilines is 1. The summed E-state index contributed by atoms with van der Waals surface area (Å²) in [5.74, 6) is -0.242. The Morgan fingerprint density at radius 1 is 1.10 bits per heavy atom. The fraction of sp³-hybridized carbons (Fsp3) is 0.0455. The first-order valence-electron chi connectivity index (χ1n) is 8.92. The van der Waals surface area contributed by atoms with Crippen molar-refractivity contribution in [3.8, 4) is 11.3 Å². The number of rotatable bonds is 6. The second-order valence-corrected chi connectivity index (χ2v) is 9.36. The number of sulfonamides is 1. The minimum Gasteiger partial charge on any atom is -0.422 e. The molecule has 0 bridgehead atoms. The van der Waals surface area contributed by atoms with Gasteiger partial charge >= 0.3 is 5.63 Å². The Morgan fingerprint density at radius 2 is 1.93 bits per heavy atom. The summed E-state index contributed by atoms with van der Waals surface area (Å²) in [6.45, 7) is 3.75. The molecule has 4 rings (SSSR count). The van der Waals surface area contributed by atoms with Gasteiger partial charge in [-0.2, -0.15) is 0 Å². The molecular formula is C22H16FNO4S2. The van der Waals surface area contributed by atoms with E-state index in [0.29, 0.717) is 28.6 Å². The Balaban J connectivity index is 1.84. The molecule has 0 amide bonds.